The van der Waals surface area contributed by atoms with Crippen LogP contribution in [0.2, 0.25) is 0 Å². The number of aliphatic imine (C=N–C) groups is 2. The van der Waals surface area contributed by atoms with Gasteiger partial charge in [0.1, 0.15) is 5.69 Å². The van der Waals surface area contributed by atoms with Crippen molar-refractivity contribution in [2.45, 2.75) is 33.1 Å². The first-order valence-electron chi connectivity index (χ1n) is 5.50. The third-order valence-corrected chi connectivity index (χ3v) is 2.08. The van der Waals surface area contributed by atoms with Crippen LogP contribution in [0, 0.1) is 0 Å². The summed E-state index contributed by atoms with van der Waals surface area (Å²) < 4.78 is 0. The maximum atomic E-state index is 4.49. The van der Waals surface area contributed by atoms with Gasteiger partial charge in [-0.1, -0.05) is 20.8 Å². The van der Waals surface area contributed by atoms with Crippen LogP contribution in [0.4, 0.5) is 0 Å². The van der Waals surface area contributed by atoms with E-state index in [0.717, 1.165) is 17.8 Å². The first kappa shape index (κ1) is 12.5. The van der Waals surface area contributed by atoms with Crippen molar-refractivity contribution in [2.75, 3.05) is 7.05 Å². The molecule has 86 valence electrons. The van der Waals surface area contributed by atoms with E-state index in [2.05, 4.69) is 33.8 Å². The monoisotopic (exact) mass is 218 g/mol. The summed E-state index contributed by atoms with van der Waals surface area (Å²) in [5.74, 6) is 0.998. The Morgan fingerprint density at radius 2 is 2.19 bits per heavy atom. The van der Waals surface area contributed by atoms with Gasteiger partial charge in [0, 0.05) is 19.5 Å². The Morgan fingerprint density at radius 3 is 2.75 bits per heavy atom. The first-order chi connectivity index (χ1) is 7.69. The second-order valence-corrected chi connectivity index (χ2v) is 3.75. The van der Waals surface area contributed by atoms with Gasteiger partial charge in [-0.25, -0.2) is 9.98 Å². The third kappa shape index (κ3) is 3.22. The second-order valence-electron chi connectivity index (χ2n) is 3.75. The number of nitrogens with zero attached hydrogens (tertiary/aromatic N) is 4. The molecule has 0 amide bonds. The molecular weight excluding hydrogens is 200 g/mol. The molecule has 0 aliphatic carbocycles. The molecular formula is C12H18N4. The van der Waals surface area contributed by atoms with Gasteiger partial charge >= 0.3 is 0 Å². The Balaban J connectivity index is 3.02. The maximum Gasteiger partial charge on any atom is 0.174 e. The minimum absolute atomic E-state index is 0.362. The predicted octanol–water partition coefficient (Wildman–Crippen LogP) is 2.46. The molecule has 4 nitrogen and oxygen atoms in total. The van der Waals surface area contributed by atoms with E-state index in [1.165, 1.54) is 0 Å². The van der Waals surface area contributed by atoms with Crippen molar-refractivity contribution in [3.8, 4) is 0 Å². The molecule has 1 heterocycles. The standard InChI is InChI=1S/C12H18N4/c1-5-6-15-12(13-4)11-8-14-7-10(16-11)9(2)3/h6-9H,5H2,1-4H3. The van der Waals surface area contributed by atoms with Crippen molar-refractivity contribution < 1.29 is 0 Å². The summed E-state index contributed by atoms with van der Waals surface area (Å²) >= 11 is 0. The van der Waals surface area contributed by atoms with Crippen molar-refractivity contribution in [2.24, 2.45) is 9.98 Å². The summed E-state index contributed by atoms with van der Waals surface area (Å²) in [5, 5.41) is 0. The summed E-state index contributed by atoms with van der Waals surface area (Å²) in [5.41, 5.74) is 1.70. The van der Waals surface area contributed by atoms with Crippen LogP contribution < -0.4 is 0 Å². The fourth-order valence-electron chi connectivity index (χ4n) is 1.18. The van der Waals surface area contributed by atoms with Crippen molar-refractivity contribution >= 4 is 12.1 Å². The average molecular weight is 218 g/mol. The lowest BCUT2D eigenvalue weighted by molar-refractivity contribution is 0.809. The summed E-state index contributed by atoms with van der Waals surface area (Å²) in [7, 11) is 1.71. The Kier molecular flexibility index (Phi) is 4.76. The maximum absolute atomic E-state index is 4.49. The lowest BCUT2D eigenvalue weighted by Crippen LogP contribution is -2.05. The van der Waals surface area contributed by atoms with Gasteiger partial charge in [-0.2, -0.15) is 0 Å². The molecule has 0 fully saturated rings. The molecule has 0 spiro atoms. The van der Waals surface area contributed by atoms with Gasteiger partial charge in [0.05, 0.1) is 11.9 Å². The fourth-order valence-corrected chi connectivity index (χ4v) is 1.18. The molecule has 0 atom stereocenters. The molecule has 16 heavy (non-hydrogen) atoms. The van der Waals surface area contributed by atoms with Crippen LogP contribution in [0.3, 0.4) is 0 Å². The van der Waals surface area contributed by atoms with Crippen molar-refractivity contribution in [3.05, 3.63) is 23.8 Å². The molecule has 0 radical (unpaired) electrons. The normalized spacial score (nSPS) is 12.7. The summed E-state index contributed by atoms with van der Waals surface area (Å²) in [6.07, 6.45) is 6.19. The highest BCUT2D eigenvalue weighted by molar-refractivity contribution is 6.01. The van der Waals surface area contributed by atoms with Crippen LogP contribution in [-0.2, 0) is 0 Å². The molecule has 0 aromatic carbocycles. The zero-order valence-electron chi connectivity index (χ0n) is 10.3. The lowest BCUT2D eigenvalue weighted by Gasteiger charge is -2.05. The molecule has 0 bridgehead atoms. The van der Waals surface area contributed by atoms with Crippen LogP contribution in [0.15, 0.2) is 22.4 Å². The molecule has 1 aromatic heterocycles. The molecule has 0 aliphatic heterocycles. The Morgan fingerprint density at radius 1 is 1.44 bits per heavy atom. The second kappa shape index (κ2) is 6.10. The Labute approximate surface area is 96.6 Å². The van der Waals surface area contributed by atoms with Crippen LogP contribution in [0.1, 0.15) is 44.5 Å². The van der Waals surface area contributed by atoms with E-state index in [9.17, 15) is 0 Å². The van der Waals surface area contributed by atoms with E-state index in [1.807, 2.05) is 13.1 Å². The topological polar surface area (TPSA) is 50.5 Å². The fraction of sp³-hybridized carbons (Fsp3) is 0.500. The first-order valence-corrected chi connectivity index (χ1v) is 5.50. The zero-order chi connectivity index (χ0) is 12.0. The minimum atomic E-state index is 0.362. The number of hydrogen-bond acceptors (Lipinski definition) is 3. The minimum Gasteiger partial charge on any atom is -0.268 e. The Bertz CT molecular complexity index is 394. The van der Waals surface area contributed by atoms with Crippen molar-refractivity contribution in [1.29, 1.82) is 0 Å². The third-order valence-electron chi connectivity index (χ3n) is 2.08. The largest absolute Gasteiger partial charge is 0.268 e. The van der Waals surface area contributed by atoms with Gasteiger partial charge in [-0.15, -0.1) is 0 Å². The highest BCUT2D eigenvalue weighted by atomic mass is 14.9. The van der Waals surface area contributed by atoms with E-state index < -0.39 is 0 Å². The van der Waals surface area contributed by atoms with Crippen molar-refractivity contribution in [3.63, 3.8) is 0 Å². The highest BCUT2D eigenvalue weighted by Gasteiger charge is 2.06. The quantitative estimate of drug-likeness (QED) is 0.578. The van der Waals surface area contributed by atoms with Gasteiger partial charge in [-0.3, -0.25) is 9.98 Å². The molecule has 0 aliphatic rings. The van der Waals surface area contributed by atoms with Crippen LogP contribution >= 0.6 is 0 Å². The smallest absolute Gasteiger partial charge is 0.174 e. The van der Waals surface area contributed by atoms with Gasteiger partial charge in [-0.05, 0) is 12.3 Å². The lowest BCUT2D eigenvalue weighted by atomic mass is 10.1. The van der Waals surface area contributed by atoms with E-state index in [0.29, 0.717) is 11.8 Å². The van der Waals surface area contributed by atoms with E-state index in [-0.39, 0.29) is 0 Å². The van der Waals surface area contributed by atoms with Gasteiger partial charge in [0.2, 0.25) is 0 Å². The summed E-state index contributed by atoms with van der Waals surface area (Å²) in [4.78, 5) is 17.0. The molecule has 1 rings (SSSR count). The molecule has 1 aromatic rings. The van der Waals surface area contributed by atoms with Crippen LogP contribution in [0.25, 0.3) is 0 Å². The number of amidine groups is 1. The molecule has 0 unspecified atom stereocenters. The molecule has 4 heteroatoms. The van der Waals surface area contributed by atoms with E-state index in [1.54, 1.807) is 19.4 Å². The van der Waals surface area contributed by atoms with Crippen LogP contribution in [-0.4, -0.2) is 29.1 Å². The number of hydrogen-bond donors (Lipinski definition) is 0. The molecule has 0 saturated carbocycles. The Hall–Kier alpha value is -1.58. The number of rotatable bonds is 3. The van der Waals surface area contributed by atoms with E-state index in [4.69, 9.17) is 0 Å². The SMILES string of the molecule is CCC=NC(=NC)c1cncc(C(C)C)n1. The van der Waals surface area contributed by atoms with Gasteiger partial charge in [0.25, 0.3) is 0 Å². The van der Waals surface area contributed by atoms with Gasteiger partial charge < -0.3 is 0 Å². The summed E-state index contributed by atoms with van der Waals surface area (Å²) in [6.45, 7) is 6.21. The molecule has 0 saturated heterocycles. The van der Waals surface area contributed by atoms with Crippen molar-refractivity contribution in [1.82, 2.24) is 9.97 Å². The van der Waals surface area contributed by atoms with E-state index >= 15 is 0 Å². The average Bonchev–Trinajstić information content (AvgIpc) is 2.30. The predicted molar refractivity (Wildman–Crippen MR) is 67.4 cm³/mol. The highest BCUT2D eigenvalue weighted by Crippen LogP contribution is 2.10. The van der Waals surface area contributed by atoms with Crippen LogP contribution in [0.5, 0.6) is 0 Å². The summed E-state index contributed by atoms with van der Waals surface area (Å²) in [6, 6.07) is 0. The van der Waals surface area contributed by atoms with Gasteiger partial charge in [0.15, 0.2) is 5.84 Å². The zero-order valence-corrected chi connectivity index (χ0v) is 10.3. The number of aromatic nitrogens is 2. The molecule has 0 N–H and O–H groups in total.